The average molecular weight is 335 g/mol. The van der Waals surface area contributed by atoms with Crippen LogP contribution in [0.1, 0.15) is 13.3 Å². The predicted octanol–water partition coefficient (Wildman–Crippen LogP) is 1.68. The number of rotatable bonds is 8. The lowest BCUT2D eigenvalue weighted by molar-refractivity contribution is -0.117. The van der Waals surface area contributed by atoms with Crippen molar-refractivity contribution in [1.29, 1.82) is 0 Å². The molecule has 1 aromatic rings. The van der Waals surface area contributed by atoms with Crippen LogP contribution in [0.15, 0.2) is 24.3 Å². The molecule has 0 radical (unpaired) electrons. The SMILES string of the molecule is CCN(CCN1CCCOCC1)CC(=O)Nc1ccccc1OC. The van der Waals surface area contributed by atoms with Crippen molar-refractivity contribution >= 4 is 11.6 Å². The number of anilines is 1. The zero-order valence-corrected chi connectivity index (χ0v) is 14.8. The van der Waals surface area contributed by atoms with Gasteiger partial charge >= 0.3 is 0 Å². The van der Waals surface area contributed by atoms with Gasteiger partial charge in [-0.3, -0.25) is 14.6 Å². The highest BCUT2D eigenvalue weighted by Crippen LogP contribution is 2.22. The molecule has 6 nitrogen and oxygen atoms in total. The summed E-state index contributed by atoms with van der Waals surface area (Å²) >= 11 is 0. The number of hydrogen-bond donors (Lipinski definition) is 1. The number of amides is 1. The minimum Gasteiger partial charge on any atom is -0.495 e. The standard InChI is InChI=1S/C18H29N3O3/c1-3-20(10-11-21-9-6-13-24-14-12-21)15-18(22)19-16-7-4-5-8-17(16)23-2/h4-5,7-8H,3,6,9-15H2,1-2H3,(H,19,22). The van der Waals surface area contributed by atoms with Gasteiger partial charge in [0.25, 0.3) is 0 Å². The van der Waals surface area contributed by atoms with Crippen molar-refractivity contribution in [3.63, 3.8) is 0 Å². The van der Waals surface area contributed by atoms with Crippen molar-refractivity contribution in [3.8, 4) is 5.75 Å². The second kappa shape index (κ2) is 10.3. The Hall–Kier alpha value is -1.63. The molecule has 0 bridgehead atoms. The average Bonchev–Trinajstić information content (AvgIpc) is 2.87. The van der Waals surface area contributed by atoms with Crippen LogP contribution in [0.3, 0.4) is 0 Å². The Balaban J connectivity index is 1.79. The molecule has 0 unspecified atom stereocenters. The second-order valence-electron chi connectivity index (χ2n) is 5.92. The summed E-state index contributed by atoms with van der Waals surface area (Å²) in [5.41, 5.74) is 0.714. The number of benzene rings is 1. The van der Waals surface area contributed by atoms with E-state index in [2.05, 4.69) is 22.0 Å². The van der Waals surface area contributed by atoms with Crippen LogP contribution in [0.4, 0.5) is 5.69 Å². The number of methoxy groups -OCH3 is 1. The number of para-hydroxylation sites is 2. The van der Waals surface area contributed by atoms with Crippen LogP contribution < -0.4 is 10.1 Å². The summed E-state index contributed by atoms with van der Waals surface area (Å²) in [6, 6.07) is 7.47. The highest BCUT2D eigenvalue weighted by molar-refractivity contribution is 5.93. The number of likely N-dealkylation sites (N-methyl/N-ethyl adjacent to an activating group) is 1. The summed E-state index contributed by atoms with van der Waals surface area (Å²) in [7, 11) is 1.61. The summed E-state index contributed by atoms with van der Waals surface area (Å²) in [4.78, 5) is 16.9. The molecule has 134 valence electrons. The van der Waals surface area contributed by atoms with E-state index in [1.165, 1.54) is 0 Å². The molecule has 1 saturated heterocycles. The lowest BCUT2D eigenvalue weighted by Gasteiger charge is -2.25. The van der Waals surface area contributed by atoms with E-state index in [0.29, 0.717) is 18.0 Å². The molecule has 1 amide bonds. The van der Waals surface area contributed by atoms with E-state index in [1.54, 1.807) is 7.11 Å². The maximum absolute atomic E-state index is 12.3. The van der Waals surface area contributed by atoms with Gasteiger partial charge in [-0.05, 0) is 25.1 Å². The van der Waals surface area contributed by atoms with Gasteiger partial charge in [0.05, 0.1) is 25.9 Å². The number of nitrogens with one attached hydrogen (secondary N) is 1. The number of nitrogens with zero attached hydrogens (tertiary/aromatic N) is 2. The molecule has 1 N–H and O–H groups in total. The molecule has 0 spiro atoms. The van der Waals surface area contributed by atoms with E-state index in [-0.39, 0.29) is 5.91 Å². The third-order valence-electron chi connectivity index (χ3n) is 4.24. The van der Waals surface area contributed by atoms with Crippen LogP contribution in [0.2, 0.25) is 0 Å². The Morgan fingerprint density at radius 2 is 2.17 bits per heavy atom. The molecule has 0 aromatic heterocycles. The Kier molecular flexibility index (Phi) is 8.01. The van der Waals surface area contributed by atoms with E-state index in [0.717, 1.165) is 52.4 Å². The Bertz CT molecular complexity index is 502. The van der Waals surface area contributed by atoms with Crippen molar-refractivity contribution in [2.24, 2.45) is 0 Å². The first-order chi connectivity index (χ1) is 11.7. The first kappa shape index (κ1) is 18.7. The van der Waals surface area contributed by atoms with Crippen LogP contribution >= 0.6 is 0 Å². The van der Waals surface area contributed by atoms with E-state index >= 15 is 0 Å². The van der Waals surface area contributed by atoms with Gasteiger partial charge < -0.3 is 14.8 Å². The summed E-state index contributed by atoms with van der Waals surface area (Å²) in [6.07, 6.45) is 1.08. The lowest BCUT2D eigenvalue weighted by atomic mass is 10.3. The van der Waals surface area contributed by atoms with Gasteiger partial charge in [-0.15, -0.1) is 0 Å². The third-order valence-corrected chi connectivity index (χ3v) is 4.24. The fraction of sp³-hybridized carbons (Fsp3) is 0.611. The van der Waals surface area contributed by atoms with Crippen LogP contribution in [0, 0.1) is 0 Å². The number of carbonyl (C=O) groups excluding carboxylic acids is 1. The first-order valence-corrected chi connectivity index (χ1v) is 8.68. The van der Waals surface area contributed by atoms with Crippen molar-refractivity contribution < 1.29 is 14.3 Å². The molecule has 1 aliphatic rings. The van der Waals surface area contributed by atoms with Crippen LogP contribution in [0.25, 0.3) is 0 Å². The molecule has 1 aliphatic heterocycles. The normalized spacial score (nSPS) is 16.0. The Labute approximate surface area is 144 Å². The Morgan fingerprint density at radius 3 is 2.96 bits per heavy atom. The molecule has 2 rings (SSSR count). The molecule has 0 saturated carbocycles. The second-order valence-corrected chi connectivity index (χ2v) is 5.92. The zero-order chi connectivity index (χ0) is 17.2. The molecule has 1 fully saturated rings. The summed E-state index contributed by atoms with van der Waals surface area (Å²) in [6.45, 7) is 8.89. The molecule has 24 heavy (non-hydrogen) atoms. The van der Waals surface area contributed by atoms with Gasteiger partial charge in [0.2, 0.25) is 5.91 Å². The summed E-state index contributed by atoms with van der Waals surface area (Å²) < 4.78 is 10.7. The molecular formula is C18H29N3O3. The van der Waals surface area contributed by atoms with Crippen LogP contribution in [0.5, 0.6) is 5.75 Å². The third kappa shape index (κ3) is 6.11. The number of ether oxygens (including phenoxy) is 2. The molecular weight excluding hydrogens is 306 g/mol. The number of carbonyl (C=O) groups is 1. The molecule has 1 heterocycles. The fourth-order valence-electron chi connectivity index (χ4n) is 2.79. The van der Waals surface area contributed by atoms with E-state index < -0.39 is 0 Å². The summed E-state index contributed by atoms with van der Waals surface area (Å²) in [5, 5.41) is 2.93. The smallest absolute Gasteiger partial charge is 0.238 e. The van der Waals surface area contributed by atoms with Gasteiger partial charge in [0.1, 0.15) is 5.75 Å². The topological polar surface area (TPSA) is 54.0 Å². The van der Waals surface area contributed by atoms with Crippen molar-refractivity contribution in [2.75, 3.05) is 64.9 Å². The molecule has 1 aromatic carbocycles. The Morgan fingerprint density at radius 1 is 1.33 bits per heavy atom. The number of hydrogen-bond acceptors (Lipinski definition) is 5. The predicted molar refractivity (Wildman–Crippen MR) is 95.6 cm³/mol. The van der Waals surface area contributed by atoms with Crippen molar-refractivity contribution in [2.45, 2.75) is 13.3 Å². The van der Waals surface area contributed by atoms with Gasteiger partial charge in [0.15, 0.2) is 0 Å². The molecule has 6 heteroatoms. The first-order valence-electron chi connectivity index (χ1n) is 8.68. The van der Waals surface area contributed by atoms with Gasteiger partial charge in [0, 0.05) is 32.8 Å². The van der Waals surface area contributed by atoms with E-state index in [1.807, 2.05) is 24.3 Å². The van der Waals surface area contributed by atoms with Crippen LogP contribution in [-0.4, -0.2) is 75.3 Å². The van der Waals surface area contributed by atoms with Crippen molar-refractivity contribution in [1.82, 2.24) is 9.80 Å². The summed E-state index contributed by atoms with van der Waals surface area (Å²) in [5.74, 6) is 0.666. The monoisotopic (exact) mass is 335 g/mol. The van der Waals surface area contributed by atoms with Gasteiger partial charge in [-0.25, -0.2) is 0 Å². The van der Waals surface area contributed by atoms with E-state index in [4.69, 9.17) is 9.47 Å². The largest absolute Gasteiger partial charge is 0.495 e. The highest BCUT2D eigenvalue weighted by Gasteiger charge is 2.14. The van der Waals surface area contributed by atoms with Gasteiger partial charge in [-0.2, -0.15) is 0 Å². The molecule has 0 atom stereocenters. The van der Waals surface area contributed by atoms with Crippen LogP contribution in [-0.2, 0) is 9.53 Å². The minimum atomic E-state index is -0.0134. The molecule has 0 aliphatic carbocycles. The van der Waals surface area contributed by atoms with E-state index in [9.17, 15) is 4.79 Å². The highest BCUT2D eigenvalue weighted by atomic mass is 16.5. The zero-order valence-electron chi connectivity index (χ0n) is 14.8. The van der Waals surface area contributed by atoms with Crippen molar-refractivity contribution in [3.05, 3.63) is 24.3 Å². The lowest BCUT2D eigenvalue weighted by Crippen LogP contribution is -2.40. The maximum atomic E-state index is 12.3. The quantitative estimate of drug-likeness (QED) is 0.783. The van der Waals surface area contributed by atoms with Gasteiger partial charge in [-0.1, -0.05) is 19.1 Å². The fourth-order valence-corrected chi connectivity index (χ4v) is 2.79. The maximum Gasteiger partial charge on any atom is 0.238 e. The minimum absolute atomic E-state index is 0.0134.